The lowest BCUT2D eigenvalue weighted by molar-refractivity contribution is -0.124. The van der Waals surface area contributed by atoms with Crippen LogP contribution in [0.25, 0.3) is 0 Å². The topological polar surface area (TPSA) is 80.0 Å². The second-order valence-electron chi connectivity index (χ2n) is 5.57. The highest BCUT2D eigenvalue weighted by atomic mass is 19.1. The fourth-order valence-electron chi connectivity index (χ4n) is 2.67. The van der Waals surface area contributed by atoms with Gasteiger partial charge in [-0.2, -0.15) is 5.10 Å². The van der Waals surface area contributed by atoms with Gasteiger partial charge in [0.15, 0.2) is 0 Å². The first-order valence-electron chi connectivity index (χ1n) is 7.12. The molecule has 0 aliphatic heterocycles. The third-order valence-corrected chi connectivity index (χ3v) is 3.85. The highest BCUT2D eigenvalue weighted by molar-refractivity contribution is 5.78. The Kier molecular flexibility index (Phi) is 3.89. The van der Waals surface area contributed by atoms with Crippen LogP contribution >= 0.6 is 0 Å². The molecular formula is C15H17FN4O2. The highest BCUT2D eigenvalue weighted by Crippen LogP contribution is 2.32. The van der Waals surface area contributed by atoms with E-state index in [4.69, 9.17) is 0 Å². The van der Waals surface area contributed by atoms with Crippen molar-refractivity contribution in [3.63, 3.8) is 0 Å². The second-order valence-corrected chi connectivity index (χ2v) is 5.57. The summed E-state index contributed by atoms with van der Waals surface area (Å²) in [6.07, 6.45) is 4.77. The zero-order valence-electron chi connectivity index (χ0n) is 12.1. The minimum absolute atomic E-state index is 0.117. The molecule has 2 N–H and O–H groups in total. The Morgan fingerprint density at radius 1 is 1.59 bits per heavy atom. The summed E-state index contributed by atoms with van der Waals surface area (Å²) in [5.74, 6) is -0.811. The van der Waals surface area contributed by atoms with Crippen LogP contribution in [0.4, 0.5) is 4.39 Å². The summed E-state index contributed by atoms with van der Waals surface area (Å²) >= 11 is 0. The van der Waals surface area contributed by atoms with E-state index in [2.05, 4.69) is 15.4 Å². The van der Waals surface area contributed by atoms with E-state index < -0.39 is 11.9 Å². The van der Waals surface area contributed by atoms with Crippen molar-refractivity contribution in [2.75, 3.05) is 0 Å². The molecule has 0 bridgehead atoms. The number of nitrogens with zero attached hydrogens (tertiary/aromatic N) is 3. The summed E-state index contributed by atoms with van der Waals surface area (Å²) in [4.78, 5) is 15.9. The number of pyridine rings is 1. The molecule has 0 unspecified atom stereocenters. The van der Waals surface area contributed by atoms with Crippen molar-refractivity contribution in [1.29, 1.82) is 0 Å². The Morgan fingerprint density at radius 2 is 2.41 bits per heavy atom. The van der Waals surface area contributed by atoms with Gasteiger partial charge in [0.05, 0.1) is 36.5 Å². The average molecular weight is 304 g/mol. The normalized spacial score (nSPS) is 23.9. The van der Waals surface area contributed by atoms with E-state index in [-0.39, 0.29) is 30.1 Å². The summed E-state index contributed by atoms with van der Waals surface area (Å²) in [6.45, 7) is 1.91. The van der Waals surface area contributed by atoms with Crippen LogP contribution < -0.4 is 5.32 Å². The third kappa shape index (κ3) is 2.85. The molecule has 0 radical (unpaired) electrons. The van der Waals surface area contributed by atoms with Gasteiger partial charge in [-0.25, -0.2) is 4.39 Å². The van der Waals surface area contributed by atoms with Gasteiger partial charge in [0.1, 0.15) is 5.82 Å². The predicted molar refractivity (Wildman–Crippen MR) is 76.5 cm³/mol. The molecule has 116 valence electrons. The number of hydrogen-bond acceptors (Lipinski definition) is 4. The molecule has 1 saturated carbocycles. The number of aliphatic hydroxyl groups excluding tert-OH is 1. The van der Waals surface area contributed by atoms with Crippen molar-refractivity contribution in [3.8, 4) is 0 Å². The second kappa shape index (κ2) is 5.84. The number of hydrogen-bond donors (Lipinski definition) is 2. The number of carbonyl (C=O) groups is 1. The molecule has 7 heteroatoms. The highest BCUT2D eigenvalue weighted by Gasteiger charge is 2.42. The largest absolute Gasteiger partial charge is 0.391 e. The van der Waals surface area contributed by atoms with E-state index in [1.54, 1.807) is 10.9 Å². The maximum atomic E-state index is 13.5. The SMILES string of the molecule is Cc1cnn([C@H]2[C@H](O)C[C@@H]2NC(=O)Cc2ncccc2F)c1. The van der Waals surface area contributed by atoms with Crippen molar-refractivity contribution in [3.05, 3.63) is 47.8 Å². The fraction of sp³-hybridized carbons (Fsp3) is 0.400. The van der Waals surface area contributed by atoms with Crippen LogP contribution in [-0.2, 0) is 11.2 Å². The van der Waals surface area contributed by atoms with Gasteiger partial charge in [-0.15, -0.1) is 0 Å². The van der Waals surface area contributed by atoms with Crippen molar-refractivity contribution in [1.82, 2.24) is 20.1 Å². The van der Waals surface area contributed by atoms with Gasteiger partial charge in [-0.1, -0.05) is 0 Å². The molecule has 1 amide bonds. The molecule has 6 nitrogen and oxygen atoms in total. The Labute approximate surface area is 127 Å². The lowest BCUT2D eigenvalue weighted by Crippen LogP contribution is -2.56. The van der Waals surface area contributed by atoms with Crippen LogP contribution in [0.2, 0.25) is 0 Å². The number of carbonyl (C=O) groups excluding carboxylic acids is 1. The van der Waals surface area contributed by atoms with Gasteiger partial charge in [-0.3, -0.25) is 14.5 Å². The lowest BCUT2D eigenvalue weighted by Gasteiger charge is -2.41. The molecule has 3 rings (SSSR count). The summed E-state index contributed by atoms with van der Waals surface area (Å²) in [6, 6.07) is 2.26. The third-order valence-electron chi connectivity index (χ3n) is 3.85. The van der Waals surface area contributed by atoms with Crippen molar-refractivity contribution < 1.29 is 14.3 Å². The summed E-state index contributed by atoms with van der Waals surface area (Å²) in [5.41, 5.74) is 1.10. The molecular weight excluding hydrogens is 287 g/mol. The molecule has 2 heterocycles. The van der Waals surface area contributed by atoms with Crippen LogP contribution in [0, 0.1) is 12.7 Å². The van der Waals surface area contributed by atoms with Crippen LogP contribution in [0.3, 0.4) is 0 Å². The predicted octanol–water partition coefficient (Wildman–Crippen LogP) is 0.759. The summed E-state index contributed by atoms with van der Waals surface area (Å²) < 4.78 is 15.2. The standard InChI is InChI=1S/C15H17FN4O2/c1-9-7-18-20(8-9)15-12(5-13(15)21)19-14(22)6-11-10(16)3-2-4-17-11/h2-4,7-8,12-13,15,21H,5-6H2,1H3,(H,19,22)/t12-,13+,15+/m0/s1. The number of amides is 1. The van der Waals surface area contributed by atoms with Gasteiger partial charge in [0.25, 0.3) is 0 Å². The number of aryl methyl sites for hydroxylation is 1. The average Bonchev–Trinajstić information content (AvgIpc) is 2.86. The van der Waals surface area contributed by atoms with Gasteiger partial charge in [0, 0.05) is 12.4 Å². The minimum Gasteiger partial charge on any atom is -0.391 e. The van der Waals surface area contributed by atoms with Gasteiger partial charge < -0.3 is 10.4 Å². The zero-order chi connectivity index (χ0) is 15.7. The van der Waals surface area contributed by atoms with Crippen LogP contribution in [0.1, 0.15) is 23.7 Å². The van der Waals surface area contributed by atoms with Crippen LogP contribution in [0.5, 0.6) is 0 Å². The molecule has 2 aromatic heterocycles. The number of aromatic nitrogens is 3. The quantitative estimate of drug-likeness (QED) is 0.874. The molecule has 1 fully saturated rings. The Hall–Kier alpha value is -2.28. The van der Waals surface area contributed by atoms with E-state index >= 15 is 0 Å². The van der Waals surface area contributed by atoms with E-state index in [1.807, 2.05) is 13.1 Å². The summed E-state index contributed by atoms with van der Waals surface area (Å²) in [7, 11) is 0. The maximum Gasteiger partial charge on any atom is 0.226 e. The lowest BCUT2D eigenvalue weighted by atomic mass is 9.83. The van der Waals surface area contributed by atoms with Gasteiger partial charge >= 0.3 is 0 Å². The van der Waals surface area contributed by atoms with Crippen molar-refractivity contribution >= 4 is 5.91 Å². The summed E-state index contributed by atoms with van der Waals surface area (Å²) in [5, 5.41) is 16.9. The molecule has 1 aliphatic rings. The molecule has 0 saturated heterocycles. The first-order chi connectivity index (χ1) is 10.5. The molecule has 0 spiro atoms. The monoisotopic (exact) mass is 304 g/mol. The fourth-order valence-corrected chi connectivity index (χ4v) is 2.67. The van der Waals surface area contributed by atoms with Crippen molar-refractivity contribution in [2.24, 2.45) is 0 Å². The number of nitrogens with one attached hydrogen (secondary N) is 1. The molecule has 2 aromatic rings. The molecule has 1 aliphatic carbocycles. The van der Waals surface area contributed by atoms with E-state index in [0.717, 1.165) is 5.56 Å². The van der Waals surface area contributed by atoms with Gasteiger partial charge in [-0.05, 0) is 31.0 Å². The number of aliphatic hydroxyl groups is 1. The zero-order valence-corrected chi connectivity index (χ0v) is 12.1. The molecule has 0 aromatic carbocycles. The Bertz CT molecular complexity index is 688. The van der Waals surface area contributed by atoms with E-state index in [0.29, 0.717) is 6.42 Å². The maximum absolute atomic E-state index is 13.5. The Morgan fingerprint density at radius 3 is 3.05 bits per heavy atom. The Balaban J connectivity index is 1.63. The number of rotatable bonds is 4. The molecule has 22 heavy (non-hydrogen) atoms. The van der Waals surface area contributed by atoms with Crippen molar-refractivity contribution in [2.45, 2.75) is 38.0 Å². The van der Waals surface area contributed by atoms with E-state index in [1.165, 1.54) is 18.3 Å². The van der Waals surface area contributed by atoms with E-state index in [9.17, 15) is 14.3 Å². The van der Waals surface area contributed by atoms with Gasteiger partial charge in [0.2, 0.25) is 5.91 Å². The smallest absolute Gasteiger partial charge is 0.226 e. The first-order valence-corrected chi connectivity index (χ1v) is 7.12. The first kappa shape index (κ1) is 14.6. The molecule has 3 atom stereocenters. The van der Waals surface area contributed by atoms with Crippen LogP contribution in [-0.4, -0.2) is 37.9 Å². The van der Waals surface area contributed by atoms with Crippen LogP contribution in [0.15, 0.2) is 30.7 Å². The number of halogens is 1. The minimum atomic E-state index is -0.545.